The van der Waals surface area contributed by atoms with Crippen molar-refractivity contribution in [2.24, 2.45) is 5.73 Å². The highest BCUT2D eigenvalue weighted by atomic mass is 32.2. The molecule has 4 nitrogen and oxygen atoms in total. The maximum atomic E-state index is 11.9. The highest BCUT2D eigenvalue weighted by molar-refractivity contribution is 7.89. The van der Waals surface area contributed by atoms with E-state index >= 15 is 0 Å². The molecule has 0 aliphatic carbocycles. The fourth-order valence-electron chi connectivity index (χ4n) is 2.29. The maximum absolute atomic E-state index is 11.9. The second kappa shape index (κ2) is 4.16. The van der Waals surface area contributed by atoms with E-state index < -0.39 is 10.0 Å². The van der Waals surface area contributed by atoms with Gasteiger partial charge in [-0.15, -0.1) is 0 Å². The van der Waals surface area contributed by atoms with Crippen molar-refractivity contribution in [1.29, 1.82) is 0 Å². The van der Waals surface area contributed by atoms with Crippen LogP contribution in [0.4, 0.5) is 0 Å². The van der Waals surface area contributed by atoms with Crippen molar-refractivity contribution in [2.45, 2.75) is 19.9 Å². The molecule has 1 aromatic carbocycles. The van der Waals surface area contributed by atoms with E-state index in [1.165, 1.54) is 10.2 Å². The van der Waals surface area contributed by atoms with E-state index in [0.29, 0.717) is 18.5 Å². The number of hydrogen-bond acceptors (Lipinski definition) is 3. The normalized spacial score (nSPS) is 12.2. The van der Waals surface area contributed by atoms with Crippen LogP contribution in [0.1, 0.15) is 18.2 Å². The molecule has 2 N–H and O–H groups in total. The van der Waals surface area contributed by atoms with Gasteiger partial charge in [0.2, 0.25) is 10.0 Å². The molecule has 92 valence electrons. The molecule has 2 rings (SSSR count). The average molecular weight is 252 g/mol. The SMILES string of the molecule is CCc1c(CN)c2ccccc2n1S(C)(=O)=O. The second-order valence-electron chi connectivity index (χ2n) is 4.03. The molecule has 0 fully saturated rings. The average Bonchev–Trinajstić information content (AvgIpc) is 2.61. The van der Waals surface area contributed by atoms with Crippen molar-refractivity contribution in [2.75, 3.05) is 6.26 Å². The molecule has 0 bridgehead atoms. The molecule has 0 saturated carbocycles. The van der Waals surface area contributed by atoms with Gasteiger partial charge in [-0.2, -0.15) is 0 Å². The number of fused-ring (bicyclic) bond motifs is 1. The van der Waals surface area contributed by atoms with Crippen LogP contribution in [0.15, 0.2) is 24.3 Å². The van der Waals surface area contributed by atoms with Gasteiger partial charge in [0.15, 0.2) is 0 Å². The Morgan fingerprint density at radius 2 is 1.94 bits per heavy atom. The number of aromatic nitrogens is 1. The standard InChI is InChI=1S/C12H16N2O2S/c1-3-11-10(8-13)9-6-4-5-7-12(9)14(11)17(2,15)16/h4-7H,3,8,13H2,1-2H3. The fraction of sp³-hybridized carbons (Fsp3) is 0.333. The van der Waals surface area contributed by atoms with Gasteiger partial charge < -0.3 is 5.73 Å². The lowest BCUT2D eigenvalue weighted by Gasteiger charge is -2.07. The van der Waals surface area contributed by atoms with Gasteiger partial charge in [0.25, 0.3) is 0 Å². The van der Waals surface area contributed by atoms with Crippen LogP contribution in [-0.2, 0) is 23.0 Å². The summed E-state index contributed by atoms with van der Waals surface area (Å²) in [7, 11) is -3.30. The highest BCUT2D eigenvalue weighted by Crippen LogP contribution is 2.27. The molecular weight excluding hydrogens is 236 g/mol. The van der Waals surface area contributed by atoms with E-state index in [9.17, 15) is 8.42 Å². The summed E-state index contributed by atoms with van der Waals surface area (Å²) < 4.78 is 25.2. The Balaban J connectivity index is 2.99. The third kappa shape index (κ3) is 1.85. The highest BCUT2D eigenvalue weighted by Gasteiger charge is 2.19. The topological polar surface area (TPSA) is 65.1 Å². The van der Waals surface area contributed by atoms with Gasteiger partial charge in [-0.3, -0.25) is 0 Å². The zero-order chi connectivity index (χ0) is 12.6. The predicted molar refractivity (Wildman–Crippen MR) is 69.4 cm³/mol. The molecule has 2 aromatic rings. The maximum Gasteiger partial charge on any atom is 0.236 e. The van der Waals surface area contributed by atoms with Crippen LogP contribution in [0.3, 0.4) is 0 Å². The molecule has 0 radical (unpaired) electrons. The molecule has 0 aliphatic heterocycles. The Bertz CT molecular complexity index is 656. The van der Waals surface area contributed by atoms with Gasteiger partial charge in [0.05, 0.1) is 11.8 Å². The first-order valence-electron chi connectivity index (χ1n) is 5.52. The minimum atomic E-state index is -3.30. The first-order valence-corrected chi connectivity index (χ1v) is 7.37. The largest absolute Gasteiger partial charge is 0.326 e. The lowest BCUT2D eigenvalue weighted by atomic mass is 10.1. The van der Waals surface area contributed by atoms with E-state index in [1.54, 1.807) is 0 Å². The van der Waals surface area contributed by atoms with Crippen molar-refractivity contribution in [3.05, 3.63) is 35.5 Å². The zero-order valence-corrected chi connectivity index (χ0v) is 10.8. The fourth-order valence-corrected chi connectivity index (χ4v) is 3.45. The Kier molecular flexibility index (Phi) is 2.97. The quantitative estimate of drug-likeness (QED) is 0.899. The Labute approximate surface area is 101 Å². The zero-order valence-electron chi connectivity index (χ0n) is 9.97. The van der Waals surface area contributed by atoms with Gasteiger partial charge in [0.1, 0.15) is 0 Å². The Morgan fingerprint density at radius 3 is 2.47 bits per heavy atom. The molecule has 0 saturated heterocycles. The van der Waals surface area contributed by atoms with Gasteiger partial charge in [-0.1, -0.05) is 25.1 Å². The number of nitrogens with zero attached hydrogens (tertiary/aromatic N) is 1. The number of para-hydroxylation sites is 1. The smallest absolute Gasteiger partial charge is 0.236 e. The van der Waals surface area contributed by atoms with Crippen LogP contribution in [0.25, 0.3) is 10.9 Å². The molecule has 0 spiro atoms. The summed E-state index contributed by atoms with van der Waals surface area (Å²) in [5.41, 5.74) is 8.17. The third-order valence-corrected chi connectivity index (χ3v) is 3.99. The van der Waals surface area contributed by atoms with E-state index in [2.05, 4.69) is 0 Å². The summed E-state index contributed by atoms with van der Waals surface area (Å²) in [6, 6.07) is 7.46. The van der Waals surface area contributed by atoms with E-state index in [-0.39, 0.29) is 0 Å². The van der Waals surface area contributed by atoms with E-state index in [1.807, 2.05) is 31.2 Å². The first-order chi connectivity index (χ1) is 8.00. The van der Waals surface area contributed by atoms with Crippen molar-refractivity contribution in [3.8, 4) is 0 Å². The van der Waals surface area contributed by atoms with E-state index in [4.69, 9.17) is 5.73 Å². The van der Waals surface area contributed by atoms with Crippen molar-refractivity contribution in [3.63, 3.8) is 0 Å². The van der Waals surface area contributed by atoms with Gasteiger partial charge in [-0.25, -0.2) is 12.4 Å². The van der Waals surface area contributed by atoms with Crippen molar-refractivity contribution in [1.82, 2.24) is 3.97 Å². The van der Waals surface area contributed by atoms with Crippen LogP contribution >= 0.6 is 0 Å². The van der Waals surface area contributed by atoms with Crippen LogP contribution in [0.2, 0.25) is 0 Å². The molecule has 0 unspecified atom stereocenters. The predicted octanol–water partition coefficient (Wildman–Crippen LogP) is 1.47. The summed E-state index contributed by atoms with van der Waals surface area (Å²) in [5.74, 6) is 0. The van der Waals surface area contributed by atoms with Crippen molar-refractivity contribution >= 4 is 20.9 Å². The molecule has 0 aliphatic rings. The van der Waals surface area contributed by atoms with Crippen molar-refractivity contribution < 1.29 is 8.42 Å². The summed E-state index contributed by atoms with van der Waals surface area (Å²) in [6.45, 7) is 2.29. The Hall–Kier alpha value is -1.33. The molecule has 0 atom stereocenters. The number of benzene rings is 1. The van der Waals surface area contributed by atoms with Crippen LogP contribution < -0.4 is 5.73 Å². The summed E-state index contributed by atoms with van der Waals surface area (Å²) in [6.07, 6.45) is 1.87. The minimum Gasteiger partial charge on any atom is -0.326 e. The summed E-state index contributed by atoms with van der Waals surface area (Å²) in [4.78, 5) is 0. The monoisotopic (exact) mass is 252 g/mol. The number of rotatable bonds is 3. The van der Waals surface area contributed by atoms with Crippen LogP contribution in [-0.4, -0.2) is 18.6 Å². The Morgan fingerprint density at radius 1 is 1.29 bits per heavy atom. The number of hydrogen-bond donors (Lipinski definition) is 1. The molecular formula is C12H16N2O2S. The minimum absolute atomic E-state index is 0.353. The molecule has 5 heteroatoms. The summed E-state index contributed by atoms with van der Waals surface area (Å²) >= 11 is 0. The molecule has 1 aromatic heterocycles. The van der Waals surface area contributed by atoms with Gasteiger partial charge in [0, 0.05) is 17.6 Å². The molecule has 17 heavy (non-hydrogen) atoms. The van der Waals surface area contributed by atoms with Gasteiger partial charge in [-0.05, 0) is 18.1 Å². The van der Waals surface area contributed by atoms with Crippen LogP contribution in [0, 0.1) is 0 Å². The van der Waals surface area contributed by atoms with E-state index in [0.717, 1.165) is 16.6 Å². The number of nitrogens with two attached hydrogens (primary N) is 1. The molecule has 0 amide bonds. The van der Waals surface area contributed by atoms with Gasteiger partial charge >= 0.3 is 0 Å². The molecule has 1 heterocycles. The van der Waals surface area contributed by atoms with Crippen LogP contribution in [0.5, 0.6) is 0 Å². The second-order valence-corrected chi connectivity index (χ2v) is 5.86. The lowest BCUT2D eigenvalue weighted by Crippen LogP contribution is -2.14. The lowest BCUT2D eigenvalue weighted by molar-refractivity contribution is 0.593. The third-order valence-electron chi connectivity index (χ3n) is 2.91. The first kappa shape index (κ1) is 12.1. The summed E-state index contributed by atoms with van der Waals surface area (Å²) in [5, 5.41) is 0.928.